The molecule has 2 aromatic rings. The number of hydrogen-bond acceptors (Lipinski definition) is 5. The largest absolute Gasteiger partial charge is 0.342 e. The van der Waals surface area contributed by atoms with Crippen LogP contribution in [0, 0.1) is 13.8 Å². The van der Waals surface area contributed by atoms with Crippen LogP contribution in [0.15, 0.2) is 36.5 Å². The van der Waals surface area contributed by atoms with Gasteiger partial charge in [0.25, 0.3) is 0 Å². The van der Waals surface area contributed by atoms with Crippen LogP contribution >= 0.6 is 0 Å². The molecule has 1 aliphatic rings. The van der Waals surface area contributed by atoms with E-state index in [0.29, 0.717) is 13.0 Å². The maximum atomic E-state index is 12.5. The third-order valence-electron chi connectivity index (χ3n) is 5.61. The van der Waals surface area contributed by atoms with Crippen molar-refractivity contribution < 1.29 is 9.59 Å². The zero-order valence-electron chi connectivity index (χ0n) is 18.6. The van der Waals surface area contributed by atoms with Gasteiger partial charge >= 0.3 is 6.03 Å². The van der Waals surface area contributed by atoms with E-state index in [0.717, 1.165) is 55.2 Å². The molecule has 1 fully saturated rings. The minimum absolute atomic E-state index is 0.108. The topological polar surface area (TPSA) is 90.5 Å². The molecule has 8 heteroatoms. The number of piperidine rings is 1. The van der Waals surface area contributed by atoms with Crippen LogP contribution in [0.4, 0.5) is 10.5 Å². The van der Waals surface area contributed by atoms with Crippen molar-refractivity contribution >= 4 is 17.6 Å². The van der Waals surface area contributed by atoms with E-state index in [1.165, 1.54) is 0 Å². The summed E-state index contributed by atoms with van der Waals surface area (Å²) in [4.78, 5) is 37.4. The fourth-order valence-corrected chi connectivity index (χ4v) is 3.93. The van der Waals surface area contributed by atoms with Crippen LogP contribution in [0.3, 0.4) is 0 Å². The summed E-state index contributed by atoms with van der Waals surface area (Å²) in [6.45, 7) is 7.01. The lowest BCUT2D eigenvalue weighted by molar-refractivity contribution is -0.132. The third kappa shape index (κ3) is 7.03. The van der Waals surface area contributed by atoms with Crippen molar-refractivity contribution in [2.24, 2.45) is 0 Å². The fourth-order valence-electron chi connectivity index (χ4n) is 3.93. The summed E-state index contributed by atoms with van der Waals surface area (Å²) >= 11 is 0. The molecule has 0 atom stereocenters. The van der Waals surface area contributed by atoms with E-state index >= 15 is 0 Å². The summed E-state index contributed by atoms with van der Waals surface area (Å²) in [5, 5.41) is 5.77. The number of likely N-dealkylation sites (tertiary alicyclic amines) is 1. The first-order valence-corrected chi connectivity index (χ1v) is 10.8. The molecule has 0 unspecified atom stereocenters. The molecule has 2 N–H and O–H groups in total. The van der Waals surface area contributed by atoms with Crippen molar-refractivity contribution in [1.82, 2.24) is 25.1 Å². The lowest BCUT2D eigenvalue weighted by atomic mass is 10.0. The van der Waals surface area contributed by atoms with Gasteiger partial charge < -0.3 is 20.4 Å². The summed E-state index contributed by atoms with van der Waals surface area (Å²) in [5.74, 6) is 0.108. The van der Waals surface area contributed by atoms with Gasteiger partial charge in [-0.2, -0.15) is 0 Å². The molecule has 1 aliphatic heterocycles. The average molecular weight is 425 g/mol. The Bertz CT molecular complexity index is 861. The van der Waals surface area contributed by atoms with Gasteiger partial charge in [0.15, 0.2) is 0 Å². The molecule has 0 bridgehead atoms. The van der Waals surface area contributed by atoms with E-state index in [-0.39, 0.29) is 18.0 Å². The Labute approximate surface area is 184 Å². The lowest BCUT2D eigenvalue weighted by Crippen LogP contribution is -2.47. The van der Waals surface area contributed by atoms with Crippen LogP contribution in [0.25, 0.3) is 0 Å². The Kier molecular flexibility index (Phi) is 7.94. The molecule has 3 rings (SSSR count). The van der Waals surface area contributed by atoms with Gasteiger partial charge in [0.05, 0.1) is 6.42 Å². The van der Waals surface area contributed by atoms with Gasteiger partial charge in [0.1, 0.15) is 0 Å². The van der Waals surface area contributed by atoms with Gasteiger partial charge in [-0.25, -0.2) is 4.79 Å². The number of carbonyl (C=O) groups excluding carboxylic acids is 2. The van der Waals surface area contributed by atoms with Crippen molar-refractivity contribution in [3.63, 3.8) is 0 Å². The summed E-state index contributed by atoms with van der Waals surface area (Å²) in [7, 11) is 1.89. The lowest BCUT2D eigenvalue weighted by Gasteiger charge is -2.36. The van der Waals surface area contributed by atoms with E-state index in [1.54, 1.807) is 6.20 Å². The highest BCUT2D eigenvalue weighted by molar-refractivity contribution is 5.89. The summed E-state index contributed by atoms with van der Waals surface area (Å²) < 4.78 is 0. The number of aromatic nitrogens is 2. The Hall–Kier alpha value is -3.00. The van der Waals surface area contributed by atoms with Gasteiger partial charge in [0.2, 0.25) is 5.91 Å². The monoisotopic (exact) mass is 424 g/mol. The smallest absolute Gasteiger partial charge is 0.319 e. The summed E-state index contributed by atoms with van der Waals surface area (Å²) in [6.07, 6.45) is 3.93. The van der Waals surface area contributed by atoms with Crippen molar-refractivity contribution in [2.75, 3.05) is 38.5 Å². The molecular formula is C23H32N6O2. The molecule has 0 radical (unpaired) electrons. The molecule has 166 valence electrons. The number of rotatable bonds is 7. The highest BCUT2D eigenvalue weighted by Gasteiger charge is 2.25. The van der Waals surface area contributed by atoms with Crippen LogP contribution in [0.1, 0.15) is 29.9 Å². The second-order valence-electron chi connectivity index (χ2n) is 8.09. The predicted octanol–water partition coefficient (Wildman–Crippen LogP) is 2.38. The van der Waals surface area contributed by atoms with E-state index in [1.807, 2.05) is 56.1 Å². The first-order chi connectivity index (χ1) is 14.9. The minimum atomic E-state index is -0.209. The molecular weight excluding hydrogens is 392 g/mol. The van der Waals surface area contributed by atoms with E-state index < -0.39 is 0 Å². The Balaban J connectivity index is 1.35. The van der Waals surface area contributed by atoms with Crippen LogP contribution in [0.2, 0.25) is 0 Å². The number of anilines is 1. The Morgan fingerprint density at radius 2 is 1.87 bits per heavy atom. The second-order valence-corrected chi connectivity index (χ2v) is 8.09. The van der Waals surface area contributed by atoms with Crippen molar-refractivity contribution in [3.8, 4) is 0 Å². The molecule has 31 heavy (non-hydrogen) atoms. The normalized spacial score (nSPS) is 14.8. The molecule has 3 heterocycles. The number of amides is 3. The molecule has 0 spiro atoms. The van der Waals surface area contributed by atoms with Gasteiger partial charge in [-0.15, -0.1) is 0 Å². The highest BCUT2D eigenvalue weighted by Crippen LogP contribution is 2.16. The van der Waals surface area contributed by atoms with Crippen LogP contribution in [0.5, 0.6) is 0 Å². The third-order valence-corrected chi connectivity index (χ3v) is 5.61. The van der Waals surface area contributed by atoms with Crippen LogP contribution in [-0.4, -0.2) is 71.0 Å². The zero-order valence-corrected chi connectivity index (χ0v) is 18.6. The minimum Gasteiger partial charge on any atom is -0.342 e. The van der Waals surface area contributed by atoms with E-state index in [9.17, 15) is 9.59 Å². The summed E-state index contributed by atoms with van der Waals surface area (Å²) in [5.41, 5.74) is 3.31. The molecule has 2 aromatic heterocycles. The first-order valence-electron chi connectivity index (χ1n) is 10.8. The van der Waals surface area contributed by atoms with E-state index in [4.69, 9.17) is 0 Å². The van der Waals surface area contributed by atoms with Gasteiger partial charge in [-0.05, 0) is 51.0 Å². The average Bonchev–Trinajstić information content (AvgIpc) is 2.73. The Morgan fingerprint density at radius 3 is 2.52 bits per heavy atom. The van der Waals surface area contributed by atoms with Crippen molar-refractivity contribution in [3.05, 3.63) is 53.6 Å². The molecule has 1 saturated heterocycles. The number of aryl methyl sites for hydroxylation is 2. The number of hydrogen-bond donors (Lipinski definition) is 2. The van der Waals surface area contributed by atoms with Crippen molar-refractivity contribution in [2.45, 2.75) is 39.2 Å². The molecule has 0 aromatic carbocycles. The van der Waals surface area contributed by atoms with Crippen LogP contribution < -0.4 is 10.6 Å². The number of urea groups is 1. The van der Waals surface area contributed by atoms with Crippen LogP contribution in [-0.2, 0) is 11.2 Å². The quantitative estimate of drug-likeness (QED) is 0.712. The number of pyridine rings is 2. The fraction of sp³-hybridized carbons (Fsp3) is 0.478. The standard InChI is InChI=1S/C23H32N6O2/c1-17-14-20(15-18(2)26-17)27-23(31)25-10-13-29-11-7-21(8-12-29)28(3)22(30)16-19-6-4-5-9-24-19/h4-6,9,14-15,21H,7-8,10-13,16H2,1-3H3,(H2,25,26,27,31). The Morgan fingerprint density at radius 1 is 1.16 bits per heavy atom. The maximum absolute atomic E-state index is 12.5. The molecule has 0 aliphatic carbocycles. The number of carbonyl (C=O) groups is 2. The molecule has 0 saturated carbocycles. The van der Waals surface area contributed by atoms with Gasteiger partial charge in [-0.3, -0.25) is 14.8 Å². The SMILES string of the molecule is Cc1cc(NC(=O)NCCN2CCC(N(C)C(=O)Cc3ccccn3)CC2)cc(C)n1. The van der Waals surface area contributed by atoms with Crippen molar-refractivity contribution in [1.29, 1.82) is 0 Å². The van der Waals surface area contributed by atoms with Gasteiger partial charge in [-0.1, -0.05) is 6.07 Å². The number of nitrogens with zero attached hydrogens (tertiary/aromatic N) is 4. The summed E-state index contributed by atoms with van der Waals surface area (Å²) in [6, 6.07) is 9.39. The first kappa shape index (κ1) is 22.7. The van der Waals surface area contributed by atoms with E-state index in [2.05, 4.69) is 25.5 Å². The molecule has 3 amide bonds. The number of likely N-dealkylation sites (N-methyl/N-ethyl adjacent to an activating group) is 1. The maximum Gasteiger partial charge on any atom is 0.319 e. The zero-order chi connectivity index (χ0) is 22.2. The van der Waals surface area contributed by atoms with Gasteiger partial charge in [0, 0.05) is 68.2 Å². The molecule has 8 nitrogen and oxygen atoms in total. The predicted molar refractivity (Wildman–Crippen MR) is 121 cm³/mol. The number of nitrogens with one attached hydrogen (secondary N) is 2. The highest BCUT2D eigenvalue weighted by atomic mass is 16.2. The second kappa shape index (κ2) is 10.9.